The molecule has 0 atom stereocenters. The van der Waals surface area contributed by atoms with E-state index in [2.05, 4.69) is 16.6 Å². The molecule has 1 amide bonds. The Balaban J connectivity index is 3.19. The Morgan fingerprint density at radius 3 is 2.80 bits per heavy atom. The fraction of sp³-hybridized carbons (Fsp3) is 0.556. The minimum absolute atomic E-state index is 0.168. The molecule has 0 radical (unpaired) electrons. The Bertz CT molecular complexity index is 217. The van der Waals surface area contributed by atoms with Crippen LogP contribution in [0.4, 0.5) is 4.79 Å². The molecule has 0 spiro atoms. The number of amides is 1. The van der Waals surface area contributed by atoms with E-state index < -0.39 is 12.1 Å². The highest BCUT2D eigenvalue weighted by Gasteiger charge is 1.99. The number of nitrogens with one attached hydrogen (secondary N) is 1. The van der Waals surface area contributed by atoms with Gasteiger partial charge in [-0.1, -0.05) is 12.7 Å². The second kappa shape index (κ2) is 9.01. The molecule has 6 nitrogen and oxygen atoms in total. The topological polar surface area (TPSA) is 84.9 Å². The van der Waals surface area contributed by atoms with Crippen LogP contribution in [0.5, 0.6) is 0 Å². The summed E-state index contributed by atoms with van der Waals surface area (Å²) in [5.41, 5.74) is 0. The molecule has 2 N–H and O–H groups in total. The van der Waals surface area contributed by atoms with Crippen LogP contribution in [0.25, 0.3) is 0 Å². The summed E-state index contributed by atoms with van der Waals surface area (Å²) >= 11 is 0. The van der Waals surface area contributed by atoms with E-state index in [-0.39, 0.29) is 19.8 Å². The van der Waals surface area contributed by atoms with E-state index in [9.17, 15) is 9.59 Å². The van der Waals surface area contributed by atoms with Crippen molar-refractivity contribution in [2.24, 2.45) is 0 Å². The highest BCUT2D eigenvalue weighted by Crippen LogP contribution is 1.83. The van der Waals surface area contributed by atoms with Gasteiger partial charge in [0, 0.05) is 13.2 Å². The molecule has 0 unspecified atom stereocenters. The zero-order valence-corrected chi connectivity index (χ0v) is 8.40. The summed E-state index contributed by atoms with van der Waals surface area (Å²) in [6, 6.07) is 0. The Morgan fingerprint density at radius 2 is 2.20 bits per heavy atom. The van der Waals surface area contributed by atoms with Crippen LogP contribution in [0.2, 0.25) is 0 Å². The second-order valence-corrected chi connectivity index (χ2v) is 2.61. The highest BCUT2D eigenvalue weighted by molar-refractivity contribution is 5.68. The third kappa shape index (κ3) is 10.4. The van der Waals surface area contributed by atoms with Gasteiger partial charge in [0.1, 0.15) is 13.2 Å². The van der Waals surface area contributed by atoms with E-state index in [0.717, 1.165) is 0 Å². The number of carbonyl (C=O) groups excluding carboxylic acids is 1. The summed E-state index contributed by atoms with van der Waals surface area (Å²) in [4.78, 5) is 20.9. The molecule has 0 saturated carbocycles. The van der Waals surface area contributed by atoms with E-state index in [1.807, 2.05) is 0 Å². The van der Waals surface area contributed by atoms with Gasteiger partial charge < -0.3 is 19.9 Å². The molecule has 0 aliphatic rings. The number of carboxylic acid groups (broad SMARTS) is 1. The van der Waals surface area contributed by atoms with Gasteiger partial charge in [-0.2, -0.15) is 0 Å². The van der Waals surface area contributed by atoms with Gasteiger partial charge in [0.15, 0.2) is 0 Å². The number of hydrogen-bond donors (Lipinski definition) is 2. The zero-order chi connectivity index (χ0) is 11.5. The van der Waals surface area contributed by atoms with Crippen LogP contribution in [-0.4, -0.2) is 43.5 Å². The molecular weight excluding hydrogens is 202 g/mol. The lowest BCUT2D eigenvalue weighted by Gasteiger charge is -2.04. The Hall–Kier alpha value is -1.56. The number of alkyl carbamates (subject to hydrolysis) is 1. The summed E-state index contributed by atoms with van der Waals surface area (Å²) < 4.78 is 9.38. The van der Waals surface area contributed by atoms with Crippen molar-refractivity contribution in [3.05, 3.63) is 12.7 Å². The third-order valence-electron chi connectivity index (χ3n) is 1.29. The molecule has 0 aliphatic carbocycles. The monoisotopic (exact) mass is 217 g/mol. The Labute approximate surface area is 87.9 Å². The van der Waals surface area contributed by atoms with Crippen molar-refractivity contribution in [2.75, 3.05) is 26.4 Å². The molecule has 0 aromatic carbocycles. The smallest absolute Gasteiger partial charge is 0.407 e. The molecule has 0 rings (SSSR count). The van der Waals surface area contributed by atoms with Crippen LogP contribution < -0.4 is 5.32 Å². The lowest BCUT2D eigenvalue weighted by Crippen LogP contribution is -2.26. The van der Waals surface area contributed by atoms with E-state index in [1.165, 1.54) is 6.08 Å². The van der Waals surface area contributed by atoms with Crippen molar-refractivity contribution in [1.82, 2.24) is 5.32 Å². The molecule has 0 aromatic heterocycles. The van der Waals surface area contributed by atoms with Crippen LogP contribution >= 0.6 is 0 Å². The Morgan fingerprint density at radius 1 is 1.47 bits per heavy atom. The SMILES string of the molecule is C=CCOC(=O)NCCCOCC(=O)O. The van der Waals surface area contributed by atoms with Crippen LogP contribution in [-0.2, 0) is 14.3 Å². The lowest BCUT2D eigenvalue weighted by atomic mass is 10.4. The molecule has 0 aliphatic heterocycles. The van der Waals surface area contributed by atoms with E-state index in [1.54, 1.807) is 0 Å². The van der Waals surface area contributed by atoms with Crippen molar-refractivity contribution >= 4 is 12.1 Å². The molecule has 15 heavy (non-hydrogen) atoms. The summed E-state index contributed by atoms with van der Waals surface area (Å²) in [6.07, 6.45) is 1.49. The first-order chi connectivity index (χ1) is 7.16. The predicted octanol–water partition coefficient (Wildman–Crippen LogP) is 0.390. The Kier molecular flexibility index (Phi) is 8.08. The highest BCUT2D eigenvalue weighted by atomic mass is 16.5. The van der Waals surface area contributed by atoms with Gasteiger partial charge in [-0.3, -0.25) is 0 Å². The van der Waals surface area contributed by atoms with Gasteiger partial charge in [-0.05, 0) is 6.42 Å². The first-order valence-corrected chi connectivity index (χ1v) is 4.48. The number of rotatable bonds is 8. The van der Waals surface area contributed by atoms with Gasteiger partial charge in [-0.15, -0.1) is 0 Å². The van der Waals surface area contributed by atoms with Gasteiger partial charge in [0.05, 0.1) is 0 Å². The molecule has 0 bridgehead atoms. The van der Waals surface area contributed by atoms with Crippen molar-refractivity contribution < 1.29 is 24.2 Å². The van der Waals surface area contributed by atoms with Crippen molar-refractivity contribution in [2.45, 2.75) is 6.42 Å². The second-order valence-electron chi connectivity index (χ2n) is 2.61. The third-order valence-corrected chi connectivity index (χ3v) is 1.29. The number of carboxylic acids is 1. The number of aliphatic carboxylic acids is 1. The average molecular weight is 217 g/mol. The van der Waals surface area contributed by atoms with Crippen molar-refractivity contribution in [1.29, 1.82) is 0 Å². The quantitative estimate of drug-likeness (QED) is 0.454. The van der Waals surface area contributed by atoms with Crippen LogP contribution in [0, 0.1) is 0 Å². The molecular formula is C9H15NO5. The largest absolute Gasteiger partial charge is 0.480 e. The lowest BCUT2D eigenvalue weighted by molar-refractivity contribution is -0.142. The number of ether oxygens (including phenoxy) is 2. The minimum atomic E-state index is -1.01. The van der Waals surface area contributed by atoms with Gasteiger partial charge in [-0.25, -0.2) is 9.59 Å². The first-order valence-electron chi connectivity index (χ1n) is 4.48. The van der Waals surface area contributed by atoms with Gasteiger partial charge in [0.2, 0.25) is 0 Å². The first kappa shape index (κ1) is 13.4. The fourth-order valence-electron chi connectivity index (χ4n) is 0.710. The average Bonchev–Trinajstić information content (AvgIpc) is 2.19. The predicted molar refractivity (Wildman–Crippen MR) is 52.6 cm³/mol. The van der Waals surface area contributed by atoms with Crippen molar-refractivity contribution in [3.8, 4) is 0 Å². The fourth-order valence-corrected chi connectivity index (χ4v) is 0.710. The van der Waals surface area contributed by atoms with Crippen LogP contribution in [0.3, 0.4) is 0 Å². The van der Waals surface area contributed by atoms with E-state index in [4.69, 9.17) is 9.84 Å². The van der Waals surface area contributed by atoms with Gasteiger partial charge in [0.25, 0.3) is 0 Å². The number of carbonyl (C=O) groups is 2. The normalized spacial score (nSPS) is 9.33. The van der Waals surface area contributed by atoms with E-state index >= 15 is 0 Å². The molecule has 0 aromatic rings. The molecule has 0 saturated heterocycles. The molecule has 6 heteroatoms. The summed E-state index contributed by atoms with van der Waals surface area (Å²) in [7, 11) is 0. The standard InChI is InChI=1S/C9H15NO5/c1-2-5-15-9(13)10-4-3-6-14-7-8(11)12/h2H,1,3-7H2,(H,10,13)(H,11,12). The maximum atomic E-state index is 10.8. The maximum Gasteiger partial charge on any atom is 0.407 e. The molecule has 86 valence electrons. The summed E-state index contributed by atoms with van der Waals surface area (Å²) in [5, 5.41) is 10.7. The molecule has 0 heterocycles. The minimum Gasteiger partial charge on any atom is -0.480 e. The van der Waals surface area contributed by atoms with Crippen molar-refractivity contribution in [3.63, 3.8) is 0 Å². The summed E-state index contributed by atoms with van der Waals surface area (Å²) in [6.45, 7) is 3.91. The van der Waals surface area contributed by atoms with Crippen LogP contribution in [0.15, 0.2) is 12.7 Å². The van der Waals surface area contributed by atoms with Crippen LogP contribution in [0.1, 0.15) is 6.42 Å². The zero-order valence-electron chi connectivity index (χ0n) is 8.40. The summed E-state index contributed by atoms with van der Waals surface area (Å²) in [5.74, 6) is -1.01. The van der Waals surface area contributed by atoms with E-state index in [0.29, 0.717) is 13.0 Å². The number of hydrogen-bond acceptors (Lipinski definition) is 4. The maximum absolute atomic E-state index is 10.8. The molecule has 0 fully saturated rings. The van der Waals surface area contributed by atoms with Gasteiger partial charge >= 0.3 is 12.1 Å².